The molecule has 1 rings (SSSR count). The van der Waals surface area contributed by atoms with E-state index < -0.39 is 10.1 Å². The summed E-state index contributed by atoms with van der Waals surface area (Å²) in [6.45, 7) is 5.86. The summed E-state index contributed by atoms with van der Waals surface area (Å²) >= 11 is 0. The Balaban J connectivity index is 2.74. The van der Waals surface area contributed by atoms with E-state index in [0.29, 0.717) is 0 Å². The number of allylic oxidation sites excluding steroid dienone is 1. The van der Waals surface area contributed by atoms with Crippen molar-refractivity contribution in [2.45, 2.75) is 31.1 Å². The van der Waals surface area contributed by atoms with Gasteiger partial charge in [0.2, 0.25) is 0 Å². The van der Waals surface area contributed by atoms with Crippen LogP contribution in [0.3, 0.4) is 0 Å². The third-order valence-corrected chi connectivity index (χ3v) is 3.65. The van der Waals surface area contributed by atoms with E-state index in [0.717, 1.165) is 24.8 Å². The molecule has 0 amide bonds. The van der Waals surface area contributed by atoms with Gasteiger partial charge in [-0.3, -0.25) is 4.18 Å². The molecule has 0 fully saturated rings. The van der Waals surface area contributed by atoms with E-state index in [1.165, 1.54) is 0 Å². The quantitative estimate of drug-likeness (QED) is 0.427. The molecule has 0 radical (unpaired) electrons. The minimum atomic E-state index is -3.59. The molecule has 0 aromatic heterocycles. The first kappa shape index (κ1) is 13.9. The van der Waals surface area contributed by atoms with Gasteiger partial charge in [-0.25, -0.2) is 0 Å². The Morgan fingerprint density at radius 1 is 1.29 bits per heavy atom. The predicted molar refractivity (Wildman–Crippen MR) is 68.4 cm³/mol. The summed E-state index contributed by atoms with van der Waals surface area (Å²) in [5.41, 5.74) is 1.03. The average Bonchev–Trinajstić information content (AvgIpc) is 2.30. The molecule has 0 aliphatic heterocycles. The van der Waals surface area contributed by atoms with Gasteiger partial charge in [-0.05, 0) is 30.5 Å². The molecular weight excluding hydrogens is 236 g/mol. The van der Waals surface area contributed by atoms with Crippen LogP contribution >= 0.6 is 0 Å². The first-order valence-corrected chi connectivity index (χ1v) is 7.10. The van der Waals surface area contributed by atoms with E-state index >= 15 is 0 Å². The van der Waals surface area contributed by atoms with Crippen molar-refractivity contribution in [1.29, 1.82) is 0 Å². The van der Waals surface area contributed by atoms with E-state index in [4.69, 9.17) is 4.18 Å². The average molecular weight is 254 g/mol. The highest BCUT2D eigenvalue weighted by Crippen LogP contribution is 2.14. The molecule has 3 nitrogen and oxygen atoms in total. The molecule has 17 heavy (non-hydrogen) atoms. The van der Waals surface area contributed by atoms with Crippen LogP contribution in [0.25, 0.3) is 0 Å². The SMILES string of the molecule is C=CCc1ccc(S(=O)(=O)OCCCC)cc1. The summed E-state index contributed by atoms with van der Waals surface area (Å²) in [6, 6.07) is 6.69. The Labute approximate surface area is 103 Å². The maximum Gasteiger partial charge on any atom is 0.296 e. The van der Waals surface area contributed by atoms with Gasteiger partial charge in [-0.1, -0.05) is 31.6 Å². The largest absolute Gasteiger partial charge is 0.296 e. The molecule has 0 saturated carbocycles. The van der Waals surface area contributed by atoms with Crippen molar-refractivity contribution in [2.75, 3.05) is 6.61 Å². The van der Waals surface area contributed by atoms with E-state index in [-0.39, 0.29) is 11.5 Å². The number of rotatable bonds is 7. The Bertz CT molecular complexity index is 446. The molecule has 94 valence electrons. The maximum absolute atomic E-state index is 11.7. The van der Waals surface area contributed by atoms with Crippen molar-refractivity contribution in [3.8, 4) is 0 Å². The zero-order chi connectivity index (χ0) is 12.7. The third kappa shape index (κ3) is 4.32. The predicted octanol–water partition coefficient (Wildman–Crippen LogP) is 2.92. The molecule has 0 heterocycles. The number of hydrogen-bond donors (Lipinski definition) is 0. The zero-order valence-corrected chi connectivity index (χ0v) is 10.9. The van der Waals surface area contributed by atoms with Crippen molar-refractivity contribution in [2.24, 2.45) is 0 Å². The van der Waals surface area contributed by atoms with Gasteiger partial charge in [0.25, 0.3) is 10.1 Å². The van der Waals surface area contributed by atoms with Crippen LogP contribution in [-0.4, -0.2) is 15.0 Å². The van der Waals surface area contributed by atoms with E-state index in [9.17, 15) is 8.42 Å². The fraction of sp³-hybridized carbons (Fsp3) is 0.385. The van der Waals surface area contributed by atoms with Crippen molar-refractivity contribution in [3.05, 3.63) is 42.5 Å². The molecule has 0 bridgehead atoms. The van der Waals surface area contributed by atoms with Gasteiger partial charge < -0.3 is 0 Å². The van der Waals surface area contributed by atoms with Gasteiger partial charge in [0, 0.05) is 0 Å². The van der Waals surface area contributed by atoms with Crippen LogP contribution in [0.5, 0.6) is 0 Å². The highest BCUT2D eigenvalue weighted by atomic mass is 32.2. The highest BCUT2D eigenvalue weighted by molar-refractivity contribution is 7.86. The van der Waals surface area contributed by atoms with Gasteiger partial charge in [0.1, 0.15) is 0 Å². The van der Waals surface area contributed by atoms with Crippen molar-refractivity contribution >= 4 is 10.1 Å². The second kappa shape index (κ2) is 6.57. The lowest BCUT2D eigenvalue weighted by Gasteiger charge is -2.05. The van der Waals surface area contributed by atoms with Crippen LogP contribution in [-0.2, 0) is 20.7 Å². The molecule has 1 aromatic rings. The standard InChI is InChI=1S/C13H18O3S/c1-3-5-11-16-17(14,15)13-9-7-12(6-4-2)8-10-13/h4,7-10H,2-3,5-6,11H2,1H3. The monoisotopic (exact) mass is 254 g/mol. The summed E-state index contributed by atoms with van der Waals surface area (Å²) in [4.78, 5) is 0.210. The second-order valence-electron chi connectivity index (χ2n) is 3.77. The molecule has 0 aliphatic carbocycles. The van der Waals surface area contributed by atoms with Crippen LogP contribution in [0.4, 0.5) is 0 Å². The number of benzene rings is 1. The van der Waals surface area contributed by atoms with Crippen LogP contribution in [0.15, 0.2) is 41.8 Å². The topological polar surface area (TPSA) is 43.4 Å². The Morgan fingerprint density at radius 2 is 1.94 bits per heavy atom. The summed E-state index contributed by atoms with van der Waals surface area (Å²) in [5.74, 6) is 0. The number of hydrogen-bond acceptors (Lipinski definition) is 3. The highest BCUT2D eigenvalue weighted by Gasteiger charge is 2.14. The first-order valence-electron chi connectivity index (χ1n) is 5.69. The minimum Gasteiger partial charge on any atom is -0.266 e. The normalized spacial score (nSPS) is 11.4. The van der Waals surface area contributed by atoms with Gasteiger partial charge in [0.05, 0.1) is 11.5 Å². The molecule has 0 atom stereocenters. The van der Waals surface area contributed by atoms with E-state index in [1.54, 1.807) is 30.3 Å². The lowest BCUT2D eigenvalue weighted by Crippen LogP contribution is -2.07. The zero-order valence-electron chi connectivity index (χ0n) is 10.1. The molecular formula is C13H18O3S. The second-order valence-corrected chi connectivity index (χ2v) is 5.38. The fourth-order valence-corrected chi connectivity index (χ4v) is 2.28. The van der Waals surface area contributed by atoms with Crippen LogP contribution in [0.1, 0.15) is 25.3 Å². The molecule has 1 aromatic carbocycles. The van der Waals surface area contributed by atoms with Crippen LogP contribution < -0.4 is 0 Å². The van der Waals surface area contributed by atoms with E-state index in [2.05, 4.69) is 6.58 Å². The summed E-state index contributed by atoms with van der Waals surface area (Å²) < 4.78 is 28.4. The Kier molecular flexibility index (Phi) is 5.38. The Morgan fingerprint density at radius 3 is 2.47 bits per heavy atom. The molecule has 0 saturated heterocycles. The molecule has 0 aliphatic rings. The van der Waals surface area contributed by atoms with Crippen LogP contribution in [0, 0.1) is 0 Å². The van der Waals surface area contributed by atoms with Gasteiger partial charge in [-0.2, -0.15) is 8.42 Å². The smallest absolute Gasteiger partial charge is 0.266 e. The van der Waals surface area contributed by atoms with Crippen molar-refractivity contribution < 1.29 is 12.6 Å². The number of unbranched alkanes of at least 4 members (excludes halogenated alkanes) is 1. The minimum absolute atomic E-state index is 0.210. The summed E-state index contributed by atoms with van der Waals surface area (Å²) in [6.07, 6.45) is 4.17. The Hall–Kier alpha value is -1.13. The van der Waals surface area contributed by atoms with Gasteiger partial charge >= 0.3 is 0 Å². The lowest BCUT2D eigenvalue weighted by atomic mass is 10.2. The van der Waals surface area contributed by atoms with Crippen molar-refractivity contribution in [1.82, 2.24) is 0 Å². The third-order valence-electron chi connectivity index (χ3n) is 2.33. The molecule has 0 unspecified atom stereocenters. The summed E-state index contributed by atoms with van der Waals surface area (Å²) in [5, 5.41) is 0. The van der Waals surface area contributed by atoms with Gasteiger partial charge in [0.15, 0.2) is 0 Å². The summed E-state index contributed by atoms with van der Waals surface area (Å²) in [7, 11) is -3.59. The molecule has 0 spiro atoms. The van der Waals surface area contributed by atoms with Crippen molar-refractivity contribution in [3.63, 3.8) is 0 Å². The lowest BCUT2D eigenvalue weighted by molar-refractivity contribution is 0.311. The maximum atomic E-state index is 11.7. The van der Waals surface area contributed by atoms with E-state index in [1.807, 2.05) is 6.92 Å². The fourth-order valence-electron chi connectivity index (χ4n) is 1.34. The molecule has 0 N–H and O–H groups in total. The molecule has 4 heteroatoms. The van der Waals surface area contributed by atoms with Crippen LogP contribution in [0.2, 0.25) is 0 Å². The first-order chi connectivity index (χ1) is 8.10. The van der Waals surface area contributed by atoms with Gasteiger partial charge in [-0.15, -0.1) is 6.58 Å².